The first-order valence-corrected chi connectivity index (χ1v) is 7.34. The molecule has 0 aliphatic rings. The molecule has 6 heteroatoms. The lowest BCUT2D eigenvalue weighted by Gasteiger charge is -2.20. The van der Waals surface area contributed by atoms with Crippen molar-refractivity contribution in [2.24, 2.45) is 5.73 Å². The highest BCUT2D eigenvalue weighted by molar-refractivity contribution is 7.90. The summed E-state index contributed by atoms with van der Waals surface area (Å²) in [5.41, 5.74) is 5.90. The van der Waals surface area contributed by atoms with Gasteiger partial charge < -0.3 is 5.73 Å². The summed E-state index contributed by atoms with van der Waals surface area (Å²) in [4.78, 5) is 12.7. The summed E-state index contributed by atoms with van der Waals surface area (Å²) in [7, 11) is -0.102. The topological polar surface area (TPSA) is 80.5 Å². The maximum Gasteiger partial charge on any atom is 0.235 e. The Hall–Kier alpha value is -1.40. The Bertz CT molecular complexity index is 497. The molecule has 1 atom stereocenters. The first kappa shape index (κ1) is 14.7. The van der Waals surface area contributed by atoms with Gasteiger partial charge >= 0.3 is 0 Å². The van der Waals surface area contributed by atoms with Crippen molar-refractivity contribution in [3.63, 3.8) is 0 Å². The van der Waals surface area contributed by atoms with Gasteiger partial charge in [-0.25, -0.2) is 8.42 Å². The van der Waals surface area contributed by atoms with Gasteiger partial charge in [0.1, 0.15) is 6.04 Å². The van der Waals surface area contributed by atoms with Crippen molar-refractivity contribution in [3.8, 4) is 0 Å². The number of carbonyl (C=O) groups is 1. The number of nitrogens with two attached hydrogens (primary N) is 1. The van der Waals surface area contributed by atoms with Gasteiger partial charge in [0.05, 0.1) is 11.5 Å². The third kappa shape index (κ3) is 4.46. The molecule has 5 nitrogen and oxygen atoms in total. The van der Waals surface area contributed by atoms with Gasteiger partial charge in [-0.1, -0.05) is 30.3 Å². The molecule has 100 valence electrons. The molecule has 0 bridgehead atoms. The smallest absolute Gasteiger partial charge is 0.235 e. The highest BCUT2D eigenvalue weighted by Crippen LogP contribution is 2.09. The van der Waals surface area contributed by atoms with E-state index >= 15 is 0 Å². The third-order valence-corrected chi connectivity index (χ3v) is 4.19. The van der Waals surface area contributed by atoms with Crippen molar-refractivity contribution < 1.29 is 13.2 Å². The van der Waals surface area contributed by atoms with Crippen LogP contribution in [-0.2, 0) is 20.4 Å². The van der Waals surface area contributed by atoms with Crippen molar-refractivity contribution in [1.29, 1.82) is 0 Å². The molecule has 1 aromatic carbocycles. The lowest BCUT2D eigenvalue weighted by molar-refractivity contribution is -0.121. The maximum atomic E-state index is 12.0. The summed E-state index contributed by atoms with van der Waals surface area (Å²) < 4.78 is 24.0. The van der Waals surface area contributed by atoms with Crippen molar-refractivity contribution >= 4 is 15.7 Å². The number of rotatable bonds is 6. The van der Waals surface area contributed by atoms with Crippen LogP contribution < -0.4 is 5.73 Å². The predicted octanol–water partition coefficient (Wildman–Crippen LogP) is 0.0169. The van der Waals surface area contributed by atoms with Gasteiger partial charge in [-0.3, -0.25) is 9.69 Å². The van der Waals surface area contributed by atoms with Crippen LogP contribution in [0.15, 0.2) is 30.3 Å². The minimum absolute atomic E-state index is 0.0779. The molecule has 0 aromatic heterocycles. The Kier molecular flexibility index (Phi) is 4.86. The average molecular weight is 270 g/mol. The number of sulfone groups is 1. The number of hydrogen-bond acceptors (Lipinski definition) is 4. The molecule has 0 fully saturated rings. The van der Waals surface area contributed by atoms with Crippen LogP contribution in [0.4, 0.5) is 0 Å². The molecule has 0 radical (unpaired) electrons. The number of hydrogen-bond donors (Lipinski definition) is 1. The Morgan fingerprint density at radius 3 is 2.28 bits per heavy atom. The van der Waals surface area contributed by atoms with Gasteiger partial charge in [0, 0.05) is 0 Å². The zero-order chi connectivity index (χ0) is 13.8. The van der Waals surface area contributed by atoms with Crippen LogP contribution in [0.3, 0.4) is 0 Å². The monoisotopic (exact) mass is 270 g/mol. The Balaban J connectivity index is 2.79. The maximum absolute atomic E-state index is 12.0. The summed E-state index contributed by atoms with van der Waals surface area (Å²) in [5.74, 6) is -0.966. The minimum atomic E-state index is -3.37. The molecule has 0 aliphatic carbocycles. The molecule has 18 heavy (non-hydrogen) atoms. The lowest BCUT2D eigenvalue weighted by atomic mass is 10.2. The van der Waals surface area contributed by atoms with Gasteiger partial charge in [-0.05, 0) is 19.7 Å². The third-order valence-electron chi connectivity index (χ3n) is 2.59. The number of primary amides is 1. The molecule has 0 saturated carbocycles. The van der Waals surface area contributed by atoms with E-state index in [1.54, 1.807) is 38.4 Å². The molecular formula is C12H18N2O3S. The Morgan fingerprint density at radius 2 is 1.83 bits per heavy atom. The van der Waals surface area contributed by atoms with Gasteiger partial charge in [-0.15, -0.1) is 0 Å². The zero-order valence-corrected chi connectivity index (χ0v) is 11.4. The second-order valence-electron chi connectivity index (χ2n) is 4.42. The molecule has 0 spiro atoms. The van der Waals surface area contributed by atoms with Crippen molar-refractivity contribution in [2.45, 2.75) is 11.8 Å². The SMILES string of the molecule is CN(C)C(CS(=O)(=O)Cc1ccccc1)C(N)=O. The summed E-state index contributed by atoms with van der Waals surface area (Å²) in [6, 6.07) is 8.07. The van der Waals surface area contributed by atoms with E-state index in [1.807, 2.05) is 6.07 Å². The average Bonchev–Trinajstić information content (AvgIpc) is 2.26. The molecule has 0 heterocycles. The summed E-state index contributed by atoms with van der Waals surface area (Å²) in [6.45, 7) is 0. The number of carbonyl (C=O) groups excluding carboxylic acids is 1. The number of nitrogens with zero attached hydrogens (tertiary/aromatic N) is 1. The van der Waals surface area contributed by atoms with Crippen LogP contribution in [0.5, 0.6) is 0 Å². The Morgan fingerprint density at radius 1 is 1.28 bits per heavy atom. The van der Waals surface area contributed by atoms with Gasteiger partial charge in [-0.2, -0.15) is 0 Å². The molecule has 1 amide bonds. The minimum Gasteiger partial charge on any atom is -0.368 e. The molecular weight excluding hydrogens is 252 g/mol. The predicted molar refractivity (Wildman–Crippen MR) is 70.6 cm³/mol. The number of amides is 1. The molecule has 1 rings (SSSR count). The van der Waals surface area contributed by atoms with Gasteiger partial charge in [0.15, 0.2) is 9.84 Å². The van der Waals surface area contributed by atoms with Gasteiger partial charge in [0.25, 0.3) is 0 Å². The fraction of sp³-hybridized carbons (Fsp3) is 0.417. The first-order valence-electron chi connectivity index (χ1n) is 5.52. The normalized spacial score (nSPS) is 13.5. The van der Waals surface area contributed by atoms with E-state index in [0.29, 0.717) is 5.56 Å². The van der Waals surface area contributed by atoms with Crippen molar-refractivity contribution in [2.75, 3.05) is 19.8 Å². The van der Waals surface area contributed by atoms with Gasteiger partial charge in [0.2, 0.25) is 5.91 Å². The summed E-state index contributed by atoms with van der Waals surface area (Å²) in [5, 5.41) is 0. The van der Waals surface area contributed by atoms with Crippen molar-refractivity contribution in [1.82, 2.24) is 4.90 Å². The standard InChI is InChI=1S/C12H18N2O3S/c1-14(2)11(12(13)15)9-18(16,17)8-10-6-4-3-5-7-10/h3-7,11H,8-9H2,1-2H3,(H2,13,15). The van der Waals surface area contributed by atoms with E-state index in [1.165, 1.54) is 4.90 Å². The van der Waals surface area contributed by atoms with Crippen LogP contribution >= 0.6 is 0 Å². The fourth-order valence-electron chi connectivity index (χ4n) is 1.61. The summed E-state index contributed by atoms with van der Waals surface area (Å²) >= 11 is 0. The second-order valence-corrected chi connectivity index (χ2v) is 6.53. The van der Waals surface area contributed by atoms with Crippen LogP contribution in [0.25, 0.3) is 0 Å². The zero-order valence-electron chi connectivity index (χ0n) is 10.5. The van der Waals surface area contributed by atoms with Crippen LogP contribution in [0, 0.1) is 0 Å². The number of benzene rings is 1. The summed E-state index contributed by atoms with van der Waals surface area (Å²) in [6.07, 6.45) is 0. The molecule has 1 aromatic rings. The molecule has 2 N–H and O–H groups in total. The largest absolute Gasteiger partial charge is 0.368 e. The molecule has 1 unspecified atom stereocenters. The van der Waals surface area contributed by atoms with E-state index in [-0.39, 0.29) is 11.5 Å². The van der Waals surface area contributed by atoms with E-state index in [9.17, 15) is 13.2 Å². The highest BCUT2D eigenvalue weighted by Gasteiger charge is 2.25. The molecule has 0 aliphatic heterocycles. The quantitative estimate of drug-likeness (QED) is 0.790. The van der Waals surface area contributed by atoms with Crippen LogP contribution in [-0.4, -0.2) is 45.1 Å². The number of likely N-dealkylation sites (N-methyl/N-ethyl adjacent to an activating group) is 1. The van der Waals surface area contributed by atoms with E-state index in [4.69, 9.17) is 5.73 Å². The van der Waals surface area contributed by atoms with E-state index in [0.717, 1.165) is 0 Å². The second kappa shape index (κ2) is 5.97. The fourth-order valence-corrected chi connectivity index (χ4v) is 3.37. The molecule has 0 saturated heterocycles. The van der Waals surface area contributed by atoms with Crippen LogP contribution in [0.1, 0.15) is 5.56 Å². The van der Waals surface area contributed by atoms with Crippen LogP contribution in [0.2, 0.25) is 0 Å². The van der Waals surface area contributed by atoms with E-state index < -0.39 is 21.8 Å². The Labute approximate surface area is 108 Å². The first-order chi connectivity index (χ1) is 8.32. The lowest BCUT2D eigenvalue weighted by Crippen LogP contribution is -2.45. The van der Waals surface area contributed by atoms with Crippen molar-refractivity contribution in [3.05, 3.63) is 35.9 Å². The van der Waals surface area contributed by atoms with E-state index in [2.05, 4.69) is 0 Å². The highest BCUT2D eigenvalue weighted by atomic mass is 32.2.